The molecule has 0 bridgehead atoms. The van der Waals surface area contributed by atoms with Gasteiger partial charge in [0, 0.05) is 9.52 Å². The van der Waals surface area contributed by atoms with Crippen LogP contribution in [-0.2, 0) is 26.2 Å². The van der Waals surface area contributed by atoms with Crippen LogP contribution in [0.5, 0.6) is 0 Å². The van der Waals surface area contributed by atoms with Gasteiger partial charge >= 0.3 is 26.2 Å². The third kappa shape index (κ3) is 8.84. The van der Waals surface area contributed by atoms with Crippen LogP contribution in [0.4, 0.5) is 0 Å². The SMILES string of the molecule is C1=CC2[CH-]CCC2C=C1.C1=CC2[CH-]CCC2C=C1.C[SiH]C.[Cl-].[Cl-].[Zr+4]. The van der Waals surface area contributed by atoms with Crippen LogP contribution in [0.15, 0.2) is 48.6 Å². The van der Waals surface area contributed by atoms with Gasteiger partial charge in [0.05, 0.1) is 0 Å². The Kier molecular flexibility index (Phi) is 17.8. The molecule has 0 aliphatic heterocycles. The van der Waals surface area contributed by atoms with Crippen LogP contribution >= 0.6 is 0 Å². The summed E-state index contributed by atoms with van der Waals surface area (Å²) in [6.07, 6.45) is 28.1. The fourth-order valence-corrected chi connectivity index (χ4v) is 3.39. The van der Waals surface area contributed by atoms with Gasteiger partial charge in [0.25, 0.3) is 0 Å². The molecule has 2 saturated carbocycles. The van der Waals surface area contributed by atoms with Crippen molar-refractivity contribution in [3.63, 3.8) is 0 Å². The molecule has 0 aromatic rings. The summed E-state index contributed by atoms with van der Waals surface area (Å²) >= 11 is 0. The summed E-state index contributed by atoms with van der Waals surface area (Å²) in [5.74, 6) is 3.23. The van der Waals surface area contributed by atoms with Gasteiger partial charge in [-0.2, -0.15) is 12.8 Å². The van der Waals surface area contributed by atoms with Gasteiger partial charge in [-0.1, -0.05) is 62.4 Å². The average molecular weight is 460 g/mol. The van der Waals surface area contributed by atoms with Crippen LogP contribution in [0.1, 0.15) is 25.7 Å². The molecule has 0 nitrogen and oxygen atoms in total. The molecular weight excluding hydrogens is 430 g/mol. The van der Waals surface area contributed by atoms with Crippen molar-refractivity contribution < 1.29 is 51.0 Å². The van der Waals surface area contributed by atoms with Gasteiger partial charge in [-0.15, -0.1) is 24.0 Å². The summed E-state index contributed by atoms with van der Waals surface area (Å²) in [7, 11) is 0.750. The Morgan fingerprint density at radius 1 is 0.708 bits per heavy atom. The molecule has 4 aliphatic carbocycles. The topological polar surface area (TPSA) is 0 Å². The number of hydrogen-bond acceptors (Lipinski definition) is 0. The Labute approximate surface area is 183 Å². The Bertz CT molecular complexity index is 344. The Balaban J connectivity index is 0. The van der Waals surface area contributed by atoms with E-state index in [2.05, 4.69) is 74.5 Å². The van der Waals surface area contributed by atoms with Crippen LogP contribution in [0.2, 0.25) is 13.1 Å². The maximum atomic E-state index is 2.42. The van der Waals surface area contributed by atoms with E-state index >= 15 is 0 Å². The first kappa shape index (κ1) is 26.9. The largest absolute Gasteiger partial charge is 4.00 e. The predicted octanol–water partition coefficient (Wildman–Crippen LogP) is -0.790. The third-order valence-electron chi connectivity index (χ3n) is 4.47. The number of rotatable bonds is 0. The van der Waals surface area contributed by atoms with Crippen molar-refractivity contribution >= 4 is 9.52 Å². The molecule has 131 valence electrons. The molecule has 4 rings (SSSR count). The van der Waals surface area contributed by atoms with E-state index < -0.39 is 0 Å². The second-order valence-electron chi connectivity index (χ2n) is 6.23. The van der Waals surface area contributed by atoms with Gasteiger partial charge in [0.1, 0.15) is 0 Å². The zero-order valence-electron chi connectivity index (χ0n) is 14.7. The first-order chi connectivity index (χ1) is 10.3. The molecule has 4 atom stereocenters. The van der Waals surface area contributed by atoms with E-state index in [0.717, 1.165) is 33.2 Å². The van der Waals surface area contributed by atoms with Crippen LogP contribution in [0, 0.1) is 36.5 Å². The number of allylic oxidation sites excluding steroid dienone is 8. The van der Waals surface area contributed by atoms with Crippen LogP contribution in [0.3, 0.4) is 0 Å². The fourth-order valence-electron chi connectivity index (χ4n) is 3.39. The maximum Gasteiger partial charge on any atom is 4.00 e. The Hall–Kier alpha value is 0.640. The molecule has 2 fully saturated rings. The summed E-state index contributed by atoms with van der Waals surface area (Å²) in [5, 5.41) is 0. The zero-order valence-corrected chi connectivity index (χ0v) is 19.9. The van der Waals surface area contributed by atoms with E-state index in [-0.39, 0.29) is 51.0 Å². The predicted molar refractivity (Wildman–Crippen MR) is 96.5 cm³/mol. The van der Waals surface area contributed by atoms with E-state index in [1.54, 1.807) is 0 Å². The molecule has 24 heavy (non-hydrogen) atoms. The van der Waals surface area contributed by atoms with Crippen LogP contribution in [0.25, 0.3) is 0 Å². The fraction of sp³-hybridized carbons (Fsp3) is 0.500. The van der Waals surface area contributed by atoms with Crippen molar-refractivity contribution in [1.82, 2.24) is 0 Å². The minimum atomic E-state index is 0. The van der Waals surface area contributed by atoms with E-state index in [9.17, 15) is 0 Å². The van der Waals surface area contributed by atoms with Gasteiger partial charge in [0.2, 0.25) is 0 Å². The van der Waals surface area contributed by atoms with Crippen molar-refractivity contribution in [2.24, 2.45) is 23.7 Å². The average Bonchev–Trinajstić information content (AvgIpc) is 3.17. The monoisotopic (exact) mass is 457 g/mol. The molecule has 0 aromatic carbocycles. The summed E-state index contributed by atoms with van der Waals surface area (Å²) in [4.78, 5) is 0. The molecule has 0 N–H and O–H groups in total. The Morgan fingerprint density at radius 3 is 1.38 bits per heavy atom. The van der Waals surface area contributed by atoms with Crippen molar-refractivity contribution in [2.45, 2.75) is 38.8 Å². The van der Waals surface area contributed by atoms with Gasteiger partial charge in [-0.05, 0) is 11.8 Å². The molecule has 0 amide bonds. The molecule has 1 radical (unpaired) electrons. The van der Waals surface area contributed by atoms with E-state index in [4.69, 9.17) is 0 Å². The normalized spacial score (nSPS) is 30.1. The van der Waals surface area contributed by atoms with Gasteiger partial charge in [0.15, 0.2) is 0 Å². The number of halogens is 2. The van der Waals surface area contributed by atoms with Crippen molar-refractivity contribution in [3.8, 4) is 0 Å². The molecule has 0 saturated heterocycles. The number of hydrogen-bond donors (Lipinski definition) is 0. The third-order valence-corrected chi connectivity index (χ3v) is 4.47. The Morgan fingerprint density at radius 2 is 1.04 bits per heavy atom. The van der Waals surface area contributed by atoms with Crippen LogP contribution < -0.4 is 24.8 Å². The van der Waals surface area contributed by atoms with Crippen molar-refractivity contribution in [3.05, 3.63) is 61.4 Å². The maximum absolute atomic E-state index is 2.42. The molecule has 4 heteroatoms. The van der Waals surface area contributed by atoms with E-state index in [1.807, 2.05) is 0 Å². The molecule has 0 heterocycles. The van der Waals surface area contributed by atoms with Crippen molar-refractivity contribution in [1.29, 1.82) is 0 Å². The second-order valence-corrected chi connectivity index (χ2v) is 7.38. The minimum absolute atomic E-state index is 0. The molecular formula is C20H29Cl2SiZr. The summed E-state index contributed by atoms with van der Waals surface area (Å²) in [6.45, 7) is 4.42. The van der Waals surface area contributed by atoms with E-state index in [1.165, 1.54) is 25.7 Å². The summed E-state index contributed by atoms with van der Waals surface area (Å²) in [5.41, 5.74) is 0. The molecule has 0 aromatic heterocycles. The quantitative estimate of drug-likeness (QED) is 0.329. The molecule has 4 aliphatic rings. The van der Waals surface area contributed by atoms with Gasteiger partial charge < -0.3 is 37.7 Å². The zero-order chi connectivity index (χ0) is 14.9. The standard InChI is InChI=1S/2C9H11.C2H7Si.2ClH.Zr/c2*1-2-5-9-7-3-6-8(9)4-1;1-3-2;;;/h2*1-2,4-6,8-9H,3,7H2;3H,1-2H3;2*1H;/q2*-1;;;;+4/p-2. The number of fused-ring (bicyclic) bond motifs is 2. The summed E-state index contributed by atoms with van der Waals surface area (Å²) < 4.78 is 0. The summed E-state index contributed by atoms with van der Waals surface area (Å²) in [6, 6.07) is 0. The molecule has 0 spiro atoms. The smallest absolute Gasteiger partial charge is 1.00 e. The first-order valence-corrected chi connectivity index (χ1v) is 10.8. The van der Waals surface area contributed by atoms with Gasteiger partial charge in [-0.3, -0.25) is 0 Å². The molecule has 4 unspecified atom stereocenters. The van der Waals surface area contributed by atoms with Crippen molar-refractivity contribution in [2.75, 3.05) is 0 Å². The minimum Gasteiger partial charge on any atom is -1.00 e. The van der Waals surface area contributed by atoms with Crippen LogP contribution in [-0.4, -0.2) is 9.52 Å². The van der Waals surface area contributed by atoms with Gasteiger partial charge in [-0.25, -0.2) is 0 Å². The second kappa shape index (κ2) is 15.9. The van der Waals surface area contributed by atoms with E-state index in [0.29, 0.717) is 0 Å². The first-order valence-electron chi connectivity index (χ1n) is 8.45.